The van der Waals surface area contributed by atoms with E-state index < -0.39 is 0 Å². The Morgan fingerprint density at radius 1 is 0.951 bits per heavy atom. The molecule has 0 radical (unpaired) electrons. The Morgan fingerprint density at radius 3 is 2.44 bits per heavy atom. The van der Waals surface area contributed by atoms with Gasteiger partial charge in [-0.25, -0.2) is 19.4 Å². The maximum absolute atomic E-state index is 13.3. The highest BCUT2D eigenvalue weighted by molar-refractivity contribution is 6.07. The zero-order valence-electron chi connectivity index (χ0n) is 24.0. The number of urea groups is 1. The van der Waals surface area contributed by atoms with Crippen molar-refractivity contribution in [1.82, 2.24) is 19.7 Å². The van der Waals surface area contributed by atoms with Gasteiger partial charge >= 0.3 is 6.03 Å². The molecule has 0 bridgehead atoms. The molecule has 0 unspecified atom stereocenters. The van der Waals surface area contributed by atoms with Crippen LogP contribution in [0.2, 0.25) is 0 Å². The van der Waals surface area contributed by atoms with Gasteiger partial charge in [-0.05, 0) is 37.3 Å². The van der Waals surface area contributed by atoms with Crippen LogP contribution in [-0.4, -0.2) is 39.4 Å². The molecule has 3 N–H and O–H groups in total. The fourth-order valence-electron chi connectivity index (χ4n) is 4.42. The van der Waals surface area contributed by atoms with Gasteiger partial charge in [-0.15, -0.1) is 0 Å². The van der Waals surface area contributed by atoms with Crippen molar-refractivity contribution in [1.29, 1.82) is 0 Å². The van der Waals surface area contributed by atoms with Gasteiger partial charge in [0, 0.05) is 47.6 Å². The fourth-order valence-corrected chi connectivity index (χ4v) is 4.42. The summed E-state index contributed by atoms with van der Waals surface area (Å²) < 4.78 is 7.91. The van der Waals surface area contributed by atoms with Crippen molar-refractivity contribution in [2.24, 2.45) is 0 Å². The summed E-state index contributed by atoms with van der Waals surface area (Å²) in [6.45, 7) is 8.79. The van der Waals surface area contributed by atoms with Gasteiger partial charge in [0.15, 0.2) is 0 Å². The van der Waals surface area contributed by atoms with Gasteiger partial charge in [0.05, 0.1) is 23.7 Å². The van der Waals surface area contributed by atoms with E-state index in [0.29, 0.717) is 30.5 Å². The largest absolute Gasteiger partial charge is 0.493 e. The average molecular weight is 550 g/mol. The lowest BCUT2D eigenvalue weighted by atomic mass is 9.92. The van der Waals surface area contributed by atoms with E-state index in [2.05, 4.69) is 46.7 Å². The second kappa shape index (κ2) is 11.7. The number of rotatable bonds is 8. The van der Waals surface area contributed by atoms with Crippen LogP contribution in [0.15, 0.2) is 79.0 Å². The van der Waals surface area contributed by atoms with Gasteiger partial charge in [-0.2, -0.15) is 5.10 Å². The molecule has 3 aromatic carbocycles. The quantitative estimate of drug-likeness (QED) is 0.198. The number of benzene rings is 3. The Kier molecular flexibility index (Phi) is 7.87. The summed E-state index contributed by atoms with van der Waals surface area (Å²) in [5, 5.41) is 15.6. The molecule has 2 amide bonds. The lowest BCUT2D eigenvalue weighted by Gasteiger charge is -2.14. The molecule has 0 fully saturated rings. The monoisotopic (exact) mass is 549 g/mol. The second-order valence-electron chi connectivity index (χ2n) is 10.9. The number of carbonyl (C=O) groups is 1. The van der Waals surface area contributed by atoms with E-state index in [4.69, 9.17) is 9.84 Å². The number of aromatic nitrogens is 4. The highest BCUT2D eigenvalue weighted by Gasteiger charge is 2.22. The molecule has 9 nitrogen and oxygen atoms in total. The van der Waals surface area contributed by atoms with Crippen molar-refractivity contribution in [2.45, 2.75) is 39.5 Å². The number of hydrogen-bond acceptors (Lipinski definition) is 6. The molecule has 41 heavy (non-hydrogen) atoms. The van der Waals surface area contributed by atoms with Crippen LogP contribution in [0.3, 0.4) is 0 Å². The number of anilines is 3. The predicted octanol–water partition coefficient (Wildman–Crippen LogP) is 6.73. The zero-order chi connectivity index (χ0) is 29.0. The Hall–Kier alpha value is -4.92. The summed E-state index contributed by atoms with van der Waals surface area (Å²) in [4.78, 5) is 21.9. The summed E-state index contributed by atoms with van der Waals surface area (Å²) in [5.74, 6) is 1.91. The SMILES string of the molecule is CNc1nccc(CCOc2ccc(NC(=O)Nc3cc(C(C)(C)C)nn3-c3ccc(C)cc3)c3ccccc23)n1. The molecule has 210 valence electrons. The van der Waals surface area contributed by atoms with Crippen LogP contribution in [0.25, 0.3) is 16.5 Å². The number of nitrogens with zero attached hydrogens (tertiary/aromatic N) is 4. The third kappa shape index (κ3) is 6.46. The van der Waals surface area contributed by atoms with Crippen LogP contribution < -0.4 is 20.7 Å². The van der Waals surface area contributed by atoms with Crippen LogP contribution in [0.4, 0.5) is 22.2 Å². The van der Waals surface area contributed by atoms with Gasteiger partial charge in [0.2, 0.25) is 5.95 Å². The lowest BCUT2D eigenvalue weighted by molar-refractivity contribution is 0.262. The van der Waals surface area contributed by atoms with Crippen molar-refractivity contribution in [3.05, 3.63) is 95.9 Å². The highest BCUT2D eigenvalue weighted by atomic mass is 16.5. The van der Waals surface area contributed by atoms with Crippen LogP contribution >= 0.6 is 0 Å². The minimum atomic E-state index is -0.360. The number of fused-ring (bicyclic) bond motifs is 1. The maximum atomic E-state index is 13.3. The van der Waals surface area contributed by atoms with Crippen molar-refractivity contribution in [3.8, 4) is 11.4 Å². The first-order chi connectivity index (χ1) is 19.7. The summed E-state index contributed by atoms with van der Waals surface area (Å²) >= 11 is 0. The van der Waals surface area contributed by atoms with Crippen molar-refractivity contribution < 1.29 is 9.53 Å². The van der Waals surface area contributed by atoms with Crippen LogP contribution in [0, 0.1) is 6.92 Å². The molecule has 0 aliphatic rings. The van der Waals surface area contributed by atoms with E-state index >= 15 is 0 Å². The molecule has 0 saturated heterocycles. The van der Waals surface area contributed by atoms with Gasteiger partial charge in [0.25, 0.3) is 0 Å². The first kappa shape index (κ1) is 27.6. The zero-order valence-corrected chi connectivity index (χ0v) is 24.0. The third-order valence-corrected chi connectivity index (χ3v) is 6.68. The molecule has 5 rings (SSSR count). The summed E-state index contributed by atoms with van der Waals surface area (Å²) in [5.41, 5.74) is 4.29. The first-order valence-electron chi connectivity index (χ1n) is 13.6. The van der Waals surface area contributed by atoms with Crippen molar-refractivity contribution in [3.63, 3.8) is 0 Å². The topological polar surface area (TPSA) is 106 Å². The normalized spacial score (nSPS) is 11.3. The average Bonchev–Trinajstić information content (AvgIpc) is 3.39. The molecule has 0 aliphatic carbocycles. The minimum absolute atomic E-state index is 0.183. The number of nitrogens with one attached hydrogen (secondary N) is 3. The smallest absolute Gasteiger partial charge is 0.324 e. The number of ether oxygens (including phenoxy) is 1. The molecule has 0 aliphatic heterocycles. The molecule has 0 spiro atoms. The number of carbonyl (C=O) groups excluding carboxylic acids is 1. The van der Waals surface area contributed by atoms with E-state index in [0.717, 1.165) is 39.2 Å². The second-order valence-corrected chi connectivity index (χ2v) is 10.9. The van der Waals surface area contributed by atoms with E-state index in [1.54, 1.807) is 17.9 Å². The summed E-state index contributed by atoms with van der Waals surface area (Å²) in [6, 6.07) is 23.1. The standard InChI is InChI=1S/C32H35N7O2/c1-21-10-12-23(13-11-21)39-29(20-28(38-39)32(2,3)4)37-31(40)36-26-14-15-27(25-9-7-6-8-24(25)26)41-19-17-22-16-18-34-30(33-5)35-22/h6-16,18,20H,17,19H2,1-5H3,(H,33,34,35)(H2,36,37,40). The highest BCUT2D eigenvalue weighted by Crippen LogP contribution is 2.32. The Bertz CT molecular complexity index is 1670. The van der Waals surface area contributed by atoms with Crippen molar-refractivity contribution >= 4 is 34.3 Å². The molecular formula is C32H35N7O2. The number of amides is 2. The Labute approximate surface area is 240 Å². The summed E-state index contributed by atoms with van der Waals surface area (Å²) in [7, 11) is 1.79. The summed E-state index contributed by atoms with van der Waals surface area (Å²) in [6.07, 6.45) is 2.37. The fraction of sp³-hybridized carbons (Fsp3) is 0.250. The number of aryl methyl sites for hydroxylation is 1. The van der Waals surface area contributed by atoms with Crippen LogP contribution in [0.1, 0.15) is 37.7 Å². The predicted molar refractivity (Wildman–Crippen MR) is 164 cm³/mol. The van der Waals surface area contributed by atoms with Gasteiger partial charge in [0.1, 0.15) is 11.6 Å². The van der Waals surface area contributed by atoms with Gasteiger partial charge in [-0.3, -0.25) is 5.32 Å². The van der Waals surface area contributed by atoms with Gasteiger partial charge < -0.3 is 15.4 Å². The molecule has 0 atom stereocenters. The van der Waals surface area contributed by atoms with E-state index in [-0.39, 0.29) is 11.4 Å². The third-order valence-electron chi connectivity index (χ3n) is 6.68. The maximum Gasteiger partial charge on any atom is 0.324 e. The first-order valence-corrected chi connectivity index (χ1v) is 13.6. The number of hydrogen-bond donors (Lipinski definition) is 3. The minimum Gasteiger partial charge on any atom is -0.493 e. The lowest BCUT2D eigenvalue weighted by Crippen LogP contribution is -2.21. The Balaban J connectivity index is 1.34. The molecule has 5 aromatic rings. The van der Waals surface area contributed by atoms with Gasteiger partial charge in [-0.1, -0.05) is 62.7 Å². The van der Waals surface area contributed by atoms with Crippen molar-refractivity contribution in [2.75, 3.05) is 29.6 Å². The molecule has 2 heterocycles. The molecule has 0 saturated carbocycles. The van der Waals surface area contributed by atoms with Crippen LogP contribution in [0.5, 0.6) is 5.75 Å². The van der Waals surface area contributed by atoms with E-state index in [1.807, 2.05) is 79.7 Å². The molecule has 2 aromatic heterocycles. The van der Waals surface area contributed by atoms with Crippen LogP contribution in [-0.2, 0) is 11.8 Å². The molecular weight excluding hydrogens is 514 g/mol. The van der Waals surface area contributed by atoms with E-state index in [9.17, 15) is 4.79 Å². The Morgan fingerprint density at radius 2 is 1.71 bits per heavy atom. The van der Waals surface area contributed by atoms with E-state index in [1.165, 1.54) is 0 Å². The molecule has 9 heteroatoms.